The predicted octanol–water partition coefficient (Wildman–Crippen LogP) is 3.63. The number of alkyl halides is 3. The Morgan fingerprint density at radius 2 is 1.64 bits per heavy atom. The van der Waals surface area contributed by atoms with Crippen LogP contribution in [0.4, 0.5) is 13.2 Å². The lowest BCUT2D eigenvalue weighted by atomic mass is 9.45. The Balaban J connectivity index is 1.30. The van der Waals surface area contributed by atoms with E-state index in [-0.39, 0.29) is 48.2 Å². The molecule has 222 valence electrons. The molecule has 5 aliphatic rings. The molecule has 13 atom stereocenters. The fourth-order valence-corrected chi connectivity index (χ4v) is 9.56. The zero-order valence-electron chi connectivity index (χ0n) is 22.9. The van der Waals surface area contributed by atoms with E-state index in [1.807, 2.05) is 6.08 Å². The van der Waals surface area contributed by atoms with Gasteiger partial charge in [0.25, 0.3) is 0 Å². The van der Waals surface area contributed by atoms with Gasteiger partial charge in [-0.15, -0.1) is 0 Å². The number of fused-ring (bicyclic) bond motifs is 3. The minimum Gasteiger partial charge on any atom is -0.393 e. The maximum atomic E-state index is 13.6. The summed E-state index contributed by atoms with van der Waals surface area (Å²) >= 11 is 0. The minimum atomic E-state index is -4.12. The summed E-state index contributed by atoms with van der Waals surface area (Å²) in [4.78, 5) is 13.6. The van der Waals surface area contributed by atoms with Gasteiger partial charge in [-0.25, -0.2) is 0 Å². The molecule has 0 aliphatic heterocycles. The molecule has 0 bridgehead atoms. The first-order valence-corrected chi connectivity index (χ1v) is 14.9. The third-order valence-corrected chi connectivity index (χ3v) is 11.8. The van der Waals surface area contributed by atoms with E-state index in [1.165, 1.54) is 6.92 Å². The number of rotatable bonds is 4. The van der Waals surface area contributed by atoms with Gasteiger partial charge in [0.05, 0.1) is 47.8 Å². The predicted molar refractivity (Wildman–Crippen MR) is 137 cm³/mol. The van der Waals surface area contributed by atoms with Gasteiger partial charge in [0, 0.05) is 11.8 Å². The normalized spacial score (nSPS) is 51.0. The van der Waals surface area contributed by atoms with Gasteiger partial charge >= 0.3 is 6.18 Å². The molecule has 0 saturated heterocycles. The monoisotopic (exact) mass is 558 g/mol. The molecule has 0 heterocycles. The van der Waals surface area contributed by atoms with Crippen LogP contribution in [0.3, 0.4) is 0 Å². The second-order valence-corrected chi connectivity index (χ2v) is 13.8. The molecule has 4 fully saturated rings. The molecule has 39 heavy (non-hydrogen) atoms. The Labute approximate surface area is 228 Å². The van der Waals surface area contributed by atoms with Crippen LogP contribution in [-0.2, 0) is 4.79 Å². The average Bonchev–Trinajstić information content (AvgIpc) is 2.85. The molecular formula is C30H45F3O6. The smallest absolute Gasteiger partial charge is 0.391 e. The standard InChI is InChI=1S/C30H45F3O6/c1-14(34)23-22(36)13-19-11-17-12-20-16(6-3-15-4-8-18(9-5-15)30(31,32)33)7-10-21(35)25(20)26(37)24(17)28(39)29(19,2)27(23)38/h7,10,14-26,28,34-37,39H,3-6,8-9,11-13H2,1-2H3/t14?,15?,16?,17-,18?,19+,20?,21?,22?,23?,24?,25?,26?,28?,29+/m1/s1. The minimum absolute atomic E-state index is 0.0289. The van der Waals surface area contributed by atoms with Crippen molar-refractivity contribution in [1.29, 1.82) is 0 Å². The molecule has 5 N–H and O–H groups in total. The lowest BCUT2D eigenvalue weighted by Gasteiger charge is -2.60. The van der Waals surface area contributed by atoms with E-state index in [0.29, 0.717) is 32.1 Å². The molecule has 0 aromatic carbocycles. The number of hydrogen-bond donors (Lipinski definition) is 5. The van der Waals surface area contributed by atoms with E-state index in [2.05, 4.69) is 0 Å². The molecule has 6 nitrogen and oxygen atoms in total. The highest BCUT2D eigenvalue weighted by Crippen LogP contribution is 2.60. The Hall–Kier alpha value is -1.00. The van der Waals surface area contributed by atoms with Crippen LogP contribution in [0.25, 0.3) is 0 Å². The second-order valence-electron chi connectivity index (χ2n) is 13.8. The second kappa shape index (κ2) is 10.7. The van der Waals surface area contributed by atoms with E-state index < -0.39 is 65.8 Å². The van der Waals surface area contributed by atoms with E-state index in [4.69, 9.17) is 0 Å². The maximum Gasteiger partial charge on any atom is 0.391 e. The number of carbonyl (C=O) groups excluding carboxylic acids is 1. The summed E-state index contributed by atoms with van der Waals surface area (Å²) in [5.41, 5.74) is -1.19. The molecule has 0 radical (unpaired) electrons. The Kier molecular flexibility index (Phi) is 8.08. The number of hydrogen-bond acceptors (Lipinski definition) is 6. The van der Waals surface area contributed by atoms with E-state index in [0.717, 1.165) is 12.8 Å². The number of carbonyl (C=O) groups is 1. The number of ketones is 1. The molecule has 0 aromatic heterocycles. The largest absolute Gasteiger partial charge is 0.393 e. The van der Waals surface area contributed by atoms with Gasteiger partial charge in [-0.3, -0.25) is 4.79 Å². The SMILES string of the molecule is CC(O)C1C(=O)[C@@]2(C)C(O)C3C(O)C4C(O)C=CC(CCC5CCC(C(F)(F)F)CC5)C4C[C@H]3C[C@H]2CC1O. The summed E-state index contributed by atoms with van der Waals surface area (Å²) in [6, 6.07) is 0. The highest BCUT2D eigenvalue weighted by molar-refractivity contribution is 5.89. The van der Waals surface area contributed by atoms with Crippen LogP contribution in [-0.4, -0.2) is 68.0 Å². The number of aliphatic hydroxyl groups excluding tert-OH is 5. The van der Waals surface area contributed by atoms with Gasteiger partial charge in [0.15, 0.2) is 0 Å². The first-order chi connectivity index (χ1) is 18.2. The van der Waals surface area contributed by atoms with Crippen molar-refractivity contribution < 1.29 is 43.5 Å². The van der Waals surface area contributed by atoms with Crippen molar-refractivity contribution in [1.82, 2.24) is 0 Å². The molecule has 4 saturated carbocycles. The first-order valence-electron chi connectivity index (χ1n) is 14.9. The van der Waals surface area contributed by atoms with E-state index in [9.17, 15) is 43.5 Å². The zero-order valence-corrected chi connectivity index (χ0v) is 22.9. The number of halogens is 3. The van der Waals surface area contributed by atoms with E-state index in [1.54, 1.807) is 13.0 Å². The summed E-state index contributed by atoms with van der Waals surface area (Å²) in [5, 5.41) is 55.1. The van der Waals surface area contributed by atoms with Crippen LogP contribution in [0.15, 0.2) is 12.2 Å². The summed E-state index contributed by atoms with van der Waals surface area (Å²) in [5.74, 6) is -3.68. The van der Waals surface area contributed by atoms with Crippen LogP contribution in [0.1, 0.15) is 71.6 Å². The van der Waals surface area contributed by atoms with Gasteiger partial charge in [-0.2, -0.15) is 13.2 Å². The molecular weight excluding hydrogens is 513 g/mol. The Bertz CT molecular complexity index is 930. The topological polar surface area (TPSA) is 118 Å². The van der Waals surface area contributed by atoms with Gasteiger partial charge in [-0.05, 0) is 101 Å². The van der Waals surface area contributed by atoms with Crippen LogP contribution < -0.4 is 0 Å². The molecule has 0 aromatic rings. The average molecular weight is 559 g/mol. The van der Waals surface area contributed by atoms with Crippen molar-refractivity contribution in [3.05, 3.63) is 12.2 Å². The number of allylic oxidation sites excluding steroid dienone is 1. The highest BCUT2D eigenvalue weighted by Gasteiger charge is 2.65. The molecule has 0 spiro atoms. The van der Waals surface area contributed by atoms with Crippen molar-refractivity contribution in [2.75, 3.05) is 0 Å². The fourth-order valence-electron chi connectivity index (χ4n) is 9.56. The number of aliphatic hydroxyl groups is 5. The molecule has 5 rings (SSSR count). The maximum absolute atomic E-state index is 13.6. The third-order valence-electron chi connectivity index (χ3n) is 11.8. The summed E-state index contributed by atoms with van der Waals surface area (Å²) in [7, 11) is 0. The van der Waals surface area contributed by atoms with Crippen molar-refractivity contribution >= 4 is 5.78 Å². The van der Waals surface area contributed by atoms with Crippen molar-refractivity contribution in [2.24, 2.45) is 58.7 Å². The van der Waals surface area contributed by atoms with Crippen molar-refractivity contribution in [3.63, 3.8) is 0 Å². The van der Waals surface area contributed by atoms with Crippen LogP contribution in [0.5, 0.6) is 0 Å². The highest BCUT2D eigenvalue weighted by atomic mass is 19.4. The van der Waals surface area contributed by atoms with Crippen LogP contribution >= 0.6 is 0 Å². The third kappa shape index (κ3) is 5.02. The molecule has 5 aliphatic carbocycles. The summed E-state index contributed by atoms with van der Waals surface area (Å²) < 4.78 is 39.2. The van der Waals surface area contributed by atoms with E-state index >= 15 is 0 Å². The molecule has 0 amide bonds. The van der Waals surface area contributed by atoms with Crippen molar-refractivity contribution in [2.45, 2.75) is 108 Å². The summed E-state index contributed by atoms with van der Waals surface area (Å²) in [6.45, 7) is 3.18. The fraction of sp³-hybridized carbons (Fsp3) is 0.900. The van der Waals surface area contributed by atoms with Crippen LogP contribution in [0, 0.1) is 58.7 Å². The summed E-state index contributed by atoms with van der Waals surface area (Å²) in [6.07, 6.45) is -0.845. The Morgan fingerprint density at radius 3 is 2.26 bits per heavy atom. The lowest BCUT2D eigenvalue weighted by molar-refractivity contribution is -0.213. The lowest BCUT2D eigenvalue weighted by Crippen LogP contribution is -2.67. The number of Topliss-reactive ketones (excluding diaryl/α,β-unsaturated/α-hetero) is 1. The molecule has 9 heteroatoms. The Morgan fingerprint density at radius 1 is 0.974 bits per heavy atom. The quantitative estimate of drug-likeness (QED) is 0.337. The molecule has 10 unspecified atom stereocenters. The van der Waals surface area contributed by atoms with Gasteiger partial charge < -0.3 is 25.5 Å². The van der Waals surface area contributed by atoms with Crippen molar-refractivity contribution in [3.8, 4) is 0 Å². The van der Waals surface area contributed by atoms with Gasteiger partial charge in [-0.1, -0.05) is 12.2 Å². The van der Waals surface area contributed by atoms with Gasteiger partial charge in [0.2, 0.25) is 0 Å². The van der Waals surface area contributed by atoms with Gasteiger partial charge in [0.1, 0.15) is 5.78 Å². The van der Waals surface area contributed by atoms with Crippen LogP contribution in [0.2, 0.25) is 0 Å². The first kappa shape index (κ1) is 29.5. The zero-order chi connectivity index (χ0) is 28.4.